The number of aldehydes is 1. The summed E-state index contributed by atoms with van der Waals surface area (Å²) in [7, 11) is 0. The lowest BCUT2D eigenvalue weighted by Crippen LogP contribution is -2.68. The molecular formula is C26H38N3O4+. The van der Waals surface area contributed by atoms with Crippen molar-refractivity contribution >= 4 is 18.2 Å². The van der Waals surface area contributed by atoms with Crippen molar-refractivity contribution < 1.29 is 23.7 Å². The van der Waals surface area contributed by atoms with Crippen LogP contribution in [-0.4, -0.2) is 73.6 Å². The summed E-state index contributed by atoms with van der Waals surface area (Å²) >= 11 is 0. The van der Waals surface area contributed by atoms with Gasteiger partial charge in [0.1, 0.15) is 19.4 Å². The maximum Gasteiger partial charge on any atom is 0.365 e. The number of rotatable bonds is 6. The lowest BCUT2D eigenvalue weighted by Gasteiger charge is -2.49. The summed E-state index contributed by atoms with van der Waals surface area (Å²) in [6, 6.07) is 6.97. The molecule has 3 aliphatic rings. The number of carbonyl (C=O) groups excluding carboxylic acids is 3. The van der Waals surface area contributed by atoms with Gasteiger partial charge in [0.25, 0.3) is 0 Å². The fourth-order valence-corrected chi connectivity index (χ4v) is 6.11. The standard InChI is InChI=1S/C26H38N3O4/c1-2-33-26(32)24-11-17-29(18-12-24,25(31)23-5-3-20(19-30)4-6-23)28-15-9-22(10-16-28)21-7-13-27-14-8-21/h3-6,19,21-22,24,27H,2,7-18H2,1H3/q+1. The fraction of sp³-hybridized carbons (Fsp3) is 0.654. The van der Waals surface area contributed by atoms with E-state index in [2.05, 4.69) is 10.3 Å². The monoisotopic (exact) mass is 456 g/mol. The first-order valence-corrected chi connectivity index (χ1v) is 12.7. The van der Waals surface area contributed by atoms with Crippen LogP contribution in [0.3, 0.4) is 0 Å². The van der Waals surface area contributed by atoms with Gasteiger partial charge >= 0.3 is 11.9 Å². The first-order chi connectivity index (χ1) is 16.1. The summed E-state index contributed by atoms with van der Waals surface area (Å²) < 4.78 is 5.55. The molecule has 7 nitrogen and oxygen atoms in total. The molecule has 3 heterocycles. The molecule has 1 aromatic carbocycles. The molecule has 3 saturated heterocycles. The summed E-state index contributed by atoms with van der Waals surface area (Å²) in [6.45, 7) is 7.53. The third-order valence-corrected chi connectivity index (χ3v) is 8.09. The highest BCUT2D eigenvalue weighted by molar-refractivity contribution is 5.90. The molecule has 7 heteroatoms. The lowest BCUT2D eigenvalue weighted by atomic mass is 9.79. The Bertz CT molecular complexity index is 818. The van der Waals surface area contributed by atoms with E-state index in [1.807, 2.05) is 6.92 Å². The van der Waals surface area contributed by atoms with E-state index in [4.69, 9.17) is 4.74 Å². The Hall–Kier alpha value is -2.09. The van der Waals surface area contributed by atoms with E-state index in [9.17, 15) is 14.4 Å². The summed E-state index contributed by atoms with van der Waals surface area (Å²) in [5.74, 6) is 1.34. The minimum absolute atomic E-state index is 0.0788. The van der Waals surface area contributed by atoms with E-state index in [1.165, 1.54) is 12.8 Å². The van der Waals surface area contributed by atoms with Gasteiger partial charge in [-0.15, -0.1) is 5.01 Å². The largest absolute Gasteiger partial charge is 0.466 e. The van der Waals surface area contributed by atoms with E-state index in [-0.39, 0.29) is 22.4 Å². The number of carbonyl (C=O) groups is 3. The van der Waals surface area contributed by atoms with E-state index in [0.29, 0.717) is 43.7 Å². The quantitative estimate of drug-likeness (QED) is 0.403. The first kappa shape index (κ1) is 24.0. The molecule has 0 unspecified atom stereocenters. The molecule has 0 aliphatic carbocycles. The van der Waals surface area contributed by atoms with Crippen molar-refractivity contribution in [2.24, 2.45) is 17.8 Å². The molecule has 180 valence electrons. The molecule has 33 heavy (non-hydrogen) atoms. The molecular weight excluding hydrogens is 418 g/mol. The number of nitrogens with zero attached hydrogens (tertiary/aromatic N) is 2. The Balaban J connectivity index is 1.51. The third kappa shape index (κ3) is 5.20. The predicted molar refractivity (Wildman–Crippen MR) is 125 cm³/mol. The minimum Gasteiger partial charge on any atom is -0.466 e. The van der Waals surface area contributed by atoms with Crippen LogP contribution in [0.25, 0.3) is 0 Å². The molecule has 0 aromatic heterocycles. The molecule has 0 radical (unpaired) electrons. The number of piperidine rings is 3. The van der Waals surface area contributed by atoms with Gasteiger partial charge in [-0.25, -0.2) is 4.79 Å². The van der Waals surface area contributed by atoms with Crippen molar-refractivity contribution in [3.05, 3.63) is 35.4 Å². The average molecular weight is 457 g/mol. The SMILES string of the molecule is CCOC(=O)C1CC[N+](C(=O)c2ccc(C=O)cc2)(N2CCC(C3CCNCC3)CC2)CC1. The van der Waals surface area contributed by atoms with Gasteiger partial charge in [0, 0.05) is 31.5 Å². The zero-order valence-electron chi connectivity index (χ0n) is 19.8. The van der Waals surface area contributed by atoms with Gasteiger partial charge in [-0.05, 0) is 69.7 Å². The van der Waals surface area contributed by atoms with Crippen molar-refractivity contribution in [1.29, 1.82) is 0 Å². The average Bonchev–Trinajstić information content (AvgIpc) is 2.89. The van der Waals surface area contributed by atoms with Crippen molar-refractivity contribution in [2.75, 3.05) is 45.9 Å². The van der Waals surface area contributed by atoms with E-state index in [1.54, 1.807) is 24.3 Å². The molecule has 4 rings (SSSR count). The smallest absolute Gasteiger partial charge is 0.365 e. The van der Waals surface area contributed by atoms with Crippen LogP contribution >= 0.6 is 0 Å². The second-order valence-corrected chi connectivity index (χ2v) is 9.82. The second-order valence-electron chi connectivity index (χ2n) is 9.82. The number of ether oxygens (including phenoxy) is 1. The number of amides is 1. The summed E-state index contributed by atoms with van der Waals surface area (Å²) in [6.07, 6.45) is 6.89. The summed E-state index contributed by atoms with van der Waals surface area (Å²) in [5.41, 5.74) is 1.21. The predicted octanol–water partition coefficient (Wildman–Crippen LogP) is 3.06. The maximum atomic E-state index is 13.9. The minimum atomic E-state index is -0.136. The van der Waals surface area contributed by atoms with Crippen molar-refractivity contribution in [1.82, 2.24) is 10.3 Å². The summed E-state index contributed by atoms with van der Waals surface area (Å²) in [5, 5.41) is 5.84. The van der Waals surface area contributed by atoms with Gasteiger partial charge in [0.05, 0.1) is 18.1 Å². The highest BCUT2D eigenvalue weighted by Gasteiger charge is 2.49. The molecule has 0 saturated carbocycles. The highest BCUT2D eigenvalue weighted by atomic mass is 16.5. The van der Waals surface area contributed by atoms with Crippen LogP contribution in [0.2, 0.25) is 0 Å². The Morgan fingerprint density at radius 1 is 1.00 bits per heavy atom. The van der Waals surface area contributed by atoms with Crippen LogP contribution in [0.15, 0.2) is 24.3 Å². The van der Waals surface area contributed by atoms with Gasteiger partial charge in [-0.2, -0.15) is 4.59 Å². The fourth-order valence-electron chi connectivity index (χ4n) is 6.11. The number of benzene rings is 1. The molecule has 3 aliphatic heterocycles. The second kappa shape index (κ2) is 10.9. The third-order valence-electron chi connectivity index (χ3n) is 8.09. The first-order valence-electron chi connectivity index (χ1n) is 12.7. The van der Waals surface area contributed by atoms with Crippen LogP contribution in [0.4, 0.5) is 0 Å². The van der Waals surface area contributed by atoms with Gasteiger partial charge in [0.15, 0.2) is 0 Å². The van der Waals surface area contributed by atoms with Crippen LogP contribution in [-0.2, 0) is 9.53 Å². The molecule has 0 spiro atoms. The normalized spacial score (nSPS) is 27.7. The topological polar surface area (TPSA) is 75.7 Å². The number of quaternary nitrogens is 1. The van der Waals surface area contributed by atoms with Crippen LogP contribution in [0, 0.1) is 17.8 Å². The van der Waals surface area contributed by atoms with Gasteiger partial charge in [-0.3, -0.25) is 9.59 Å². The van der Waals surface area contributed by atoms with Crippen LogP contribution in [0.5, 0.6) is 0 Å². The van der Waals surface area contributed by atoms with Crippen molar-refractivity contribution in [2.45, 2.75) is 45.4 Å². The number of nitrogens with one attached hydrogen (secondary N) is 1. The van der Waals surface area contributed by atoms with E-state index >= 15 is 0 Å². The number of hydrogen-bond donors (Lipinski definition) is 1. The number of esters is 1. The van der Waals surface area contributed by atoms with E-state index < -0.39 is 0 Å². The molecule has 0 bridgehead atoms. The Labute approximate surface area is 197 Å². The number of likely N-dealkylation sites (tertiary alicyclic amines) is 1. The lowest BCUT2D eigenvalue weighted by molar-refractivity contribution is -0.971. The molecule has 0 atom stereocenters. The zero-order valence-corrected chi connectivity index (χ0v) is 19.8. The van der Waals surface area contributed by atoms with Crippen LogP contribution < -0.4 is 5.32 Å². The maximum absolute atomic E-state index is 13.9. The number of hydrogen-bond acceptors (Lipinski definition) is 6. The molecule has 1 N–H and O–H groups in total. The van der Waals surface area contributed by atoms with Crippen molar-refractivity contribution in [3.63, 3.8) is 0 Å². The zero-order chi connectivity index (χ0) is 23.3. The van der Waals surface area contributed by atoms with Gasteiger partial charge in [-0.1, -0.05) is 12.1 Å². The Kier molecular flexibility index (Phi) is 7.94. The van der Waals surface area contributed by atoms with Gasteiger partial charge in [0.2, 0.25) is 0 Å². The van der Waals surface area contributed by atoms with Crippen molar-refractivity contribution in [3.8, 4) is 0 Å². The Morgan fingerprint density at radius 3 is 2.18 bits per heavy atom. The molecule has 1 amide bonds. The van der Waals surface area contributed by atoms with Crippen LogP contribution in [0.1, 0.15) is 66.2 Å². The summed E-state index contributed by atoms with van der Waals surface area (Å²) in [4.78, 5) is 37.3. The molecule has 1 aromatic rings. The Morgan fingerprint density at radius 2 is 1.61 bits per heavy atom. The highest BCUT2D eigenvalue weighted by Crippen LogP contribution is 2.36. The van der Waals surface area contributed by atoms with Gasteiger partial charge < -0.3 is 10.1 Å². The molecule has 3 fully saturated rings. The van der Waals surface area contributed by atoms with E-state index in [0.717, 1.165) is 57.1 Å².